The van der Waals surface area contributed by atoms with E-state index in [9.17, 15) is 8.78 Å². The highest BCUT2D eigenvalue weighted by Crippen LogP contribution is 2.36. The van der Waals surface area contributed by atoms with Gasteiger partial charge in [-0.2, -0.15) is 0 Å². The Morgan fingerprint density at radius 3 is 2.31 bits per heavy atom. The van der Waals surface area contributed by atoms with Gasteiger partial charge in [0.1, 0.15) is 11.6 Å². The predicted octanol–water partition coefficient (Wildman–Crippen LogP) is 5.54. The molecule has 2 nitrogen and oxygen atoms in total. The number of hydrogen-bond acceptors (Lipinski definition) is 1. The molecule has 26 heavy (non-hydrogen) atoms. The number of imidazole rings is 1. The molecule has 1 heterocycles. The van der Waals surface area contributed by atoms with Crippen LogP contribution in [0.25, 0.3) is 22.3 Å². The first-order valence-corrected chi connectivity index (χ1v) is 8.31. The highest BCUT2D eigenvalue weighted by molar-refractivity contribution is 5.86. The lowest BCUT2D eigenvalue weighted by atomic mass is 9.90. The quantitative estimate of drug-likeness (QED) is 0.474. The zero-order chi connectivity index (χ0) is 17.9. The molecular weight excluding hydrogens is 330 g/mol. The third kappa shape index (κ3) is 3.14. The second-order valence-electron chi connectivity index (χ2n) is 6.06. The third-order valence-corrected chi connectivity index (χ3v) is 4.36. The molecule has 0 fully saturated rings. The van der Waals surface area contributed by atoms with Crippen LogP contribution in [0.15, 0.2) is 85.5 Å². The molecule has 0 aliphatic carbocycles. The molecule has 0 saturated carbocycles. The van der Waals surface area contributed by atoms with Gasteiger partial charge in [0.25, 0.3) is 0 Å². The standard InChI is InChI=1S/C22H16F2N2/c23-18-10-8-16(9-11-18)22-17(14-26-13-12-25-15-26)4-3-6-20(22)19-5-1-2-7-21(19)24/h1-13,15H,14H2. The van der Waals surface area contributed by atoms with Crippen LogP contribution in [0.3, 0.4) is 0 Å². The minimum absolute atomic E-state index is 0.282. The molecule has 0 N–H and O–H groups in total. The Labute approximate surface area is 150 Å². The van der Waals surface area contributed by atoms with Crippen molar-refractivity contribution >= 4 is 0 Å². The maximum Gasteiger partial charge on any atom is 0.131 e. The number of nitrogens with zero attached hydrogens (tertiary/aromatic N) is 2. The average Bonchev–Trinajstić information content (AvgIpc) is 3.16. The highest BCUT2D eigenvalue weighted by Gasteiger charge is 2.15. The van der Waals surface area contributed by atoms with Crippen molar-refractivity contribution in [3.63, 3.8) is 0 Å². The summed E-state index contributed by atoms with van der Waals surface area (Å²) in [6, 6.07) is 18.8. The van der Waals surface area contributed by atoms with E-state index < -0.39 is 0 Å². The summed E-state index contributed by atoms with van der Waals surface area (Å²) in [6.07, 6.45) is 5.34. The van der Waals surface area contributed by atoms with E-state index in [0.29, 0.717) is 12.1 Å². The van der Waals surface area contributed by atoms with Crippen LogP contribution < -0.4 is 0 Å². The Balaban J connectivity index is 1.94. The van der Waals surface area contributed by atoms with E-state index >= 15 is 0 Å². The van der Waals surface area contributed by atoms with Gasteiger partial charge in [-0.3, -0.25) is 0 Å². The van der Waals surface area contributed by atoms with Crippen molar-refractivity contribution in [3.05, 3.63) is 103 Å². The molecule has 1 aromatic heterocycles. The van der Waals surface area contributed by atoms with Gasteiger partial charge in [0.05, 0.1) is 6.33 Å². The SMILES string of the molecule is Fc1ccc(-c2c(Cn3ccnc3)cccc2-c2ccccc2F)cc1. The number of benzene rings is 3. The molecule has 128 valence electrons. The maximum absolute atomic E-state index is 14.5. The van der Waals surface area contributed by atoms with Gasteiger partial charge in [-0.15, -0.1) is 0 Å². The predicted molar refractivity (Wildman–Crippen MR) is 98.6 cm³/mol. The number of halogens is 2. The fourth-order valence-corrected chi connectivity index (χ4v) is 3.17. The lowest BCUT2D eigenvalue weighted by Crippen LogP contribution is -2.01. The van der Waals surface area contributed by atoms with Crippen LogP contribution in [0.5, 0.6) is 0 Å². The molecule has 0 spiro atoms. The summed E-state index contributed by atoms with van der Waals surface area (Å²) < 4.78 is 29.8. The van der Waals surface area contributed by atoms with Crippen LogP contribution in [0.1, 0.15) is 5.56 Å². The third-order valence-electron chi connectivity index (χ3n) is 4.36. The lowest BCUT2D eigenvalue weighted by Gasteiger charge is -2.16. The van der Waals surface area contributed by atoms with Crippen LogP contribution >= 0.6 is 0 Å². The summed E-state index contributed by atoms with van der Waals surface area (Å²) in [5.41, 5.74) is 4.06. The molecule has 4 rings (SSSR count). The summed E-state index contributed by atoms with van der Waals surface area (Å²) in [4.78, 5) is 4.08. The molecule has 4 aromatic rings. The zero-order valence-electron chi connectivity index (χ0n) is 13.9. The first-order valence-electron chi connectivity index (χ1n) is 8.31. The Morgan fingerprint density at radius 2 is 1.58 bits per heavy atom. The molecule has 0 amide bonds. The largest absolute Gasteiger partial charge is 0.333 e. The van der Waals surface area contributed by atoms with E-state index in [1.165, 1.54) is 18.2 Å². The van der Waals surface area contributed by atoms with Crippen molar-refractivity contribution < 1.29 is 8.78 Å². The summed E-state index contributed by atoms with van der Waals surface area (Å²) in [7, 11) is 0. The van der Waals surface area contributed by atoms with Crippen molar-refractivity contribution in [2.45, 2.75) is 6.54 Å². The average molecular weight is 346 g/mol. The summed E-state index contributed by atoms with van der Waals surface area (Å²) in [6.45, 7) is 0.592. The Bertz CT molecular complexity index is 1020. The first kappa shape index (κ1) is 16.2. The normalized spacial score (nSPS) is 10.8. The smallest absolute Gasteiger partial charge is 0.131 e. The van der Waals surface area contributed by atoms with E-state index in [0.717, 1.165) is 22.3 Å². The molecule has 0 unspecified atom stereocenters. The van der Waals surface area contributed by atoms with Gasteiger partial charge >= 0.3 is 0 Å². The molecule has 4 heteroatoms. The molecule has 0 aliphatic heterocycles. The van der Waals surface area contributed by atoms with E-state index in [4.69, 9.17) is 0 Å². The topological polar surface area (TPSA) is 17.8 Å². The molecule has 3 aromatic carbocycles. The Hall–Kier alpha value is -3.27. The summed E-state index contributed by atoms with van der Waals surface area (Å²) in [5.74, 6) is -0.580. The van der Waals surface area contributed by atoms with Crippen LogP contribution in [-0.2, 0) is 6.54 Å². The number of rotatable bonds is 4. The van der Waals surface area contributed by atoms with Crippen molar-refractivity contribution in [2.75, 3.05) is 0 Å². The maximum atomic E-state index is 14.5. The van der Waals surface area contributed by atoms with E-state index in [2.05, 4.69) is 4.98 Å². The molecule has 0 bridgehead atoms. The van der Waals surface area contributed by atoms with Gasteiger partial charge in [0, 0.05) is 24.5 Å². The summed E-state index contributed by atoms with van der Waals surface area (Å²) >= 11 is 0. The minimum atomic E-state index is -0.298. The molecule has 0 atom stereocenters. The monoisotopic (exact) mass is 346 g/mol. The summed E-state index contributed by atoms with van der Waals surface area (Å²) in [5, 5.41) is 0. The fraction of sp³-hybridized carbons (Fsp3) is 0.0455. The first-order chi connectivity index (χ1) is 12.7. The van der Waals surface area contributed by atoms with Gasteiger partial charge in [-0.1, -0.05) is 48.5 Å². The van der Waals surface area contributed by atoms with E-state index in [-0.39, 0.29) is 11.6 Å². The van der Waals surface area contributed by atoms with Gasteiger partial charge in [-0.05, 0) is 40.5 Å². The van der Waals surface area contributed by atoms with Crippen LogP contribution in [-0.4, -0.2) is 9.55 Å². The molecule has 0 aliphatic rings. The van der Waals surface area contributed by atoms with Crippen molar-refractivity contribution in [1.29, 1.82) is 0 Å². The van der Waals surface area contributed by atoms with E-state index in [1.807, 2.05) is 35.0 Å². The van der Waals surface area contributed by atoms with Crippen LogP contribution in [0.2, 0.25) is 0 Å². The fourth-order valence-electron chi connectivity index (χ4n) is 3.17. The van der Waals surface area contributed by atoms with E-state index in [1.54, 1.807) is 36.8 Å². The Morgan fingerprint density at radius 1 is 0.808 bits per heavy atom. The highest BCUT2D eigenvalue weighted by atomic mass is 19.1. The van der Waals surface area contributed by atoms with Gasteiger partial charge in [0.15, 0.2) is 0 Å². The van der Waals surface area contributed by atoms with Gasteiger partial charge in [-0.25, -0.2) is 13.8 Å². The molecular formula is C22H16F2N2. The zero-order valence-corrected chi connectivity index (χ0v) is 13.9. The Kier molecular flexibility index (Phi) is 4.32. The van der Waals surface area contributed by atoms with Crippen LogP contribution in [0, 0.1) is 11.6 Å². The van der Waals surface area contributed by atoms with Crippen LogP contribution in [0.4, 0.5) is 8.78 Å². The van der Waals surface area contributed by atoms with Gasteiger partial charge < -0.3 is 4.57 Å². The number of aromatic nitrogens is 2. The minimum Gasteiger partial charge on any atom is -0.333 e. The van der Waals surface area contributed by atoms with Gasteiger partial charge in [0.2, 0.25) is 0 Å². The van der Waals surface area contributed by atoms with Crippen molar-refractivity contribution in [1.82, 2.24) is 9.55 Å². The second kappa shape index (κ2) is 6.92. The number of hydrogen-bond donors (Lipinski definition) is 0. The second-order valence-corrected chi connectivity index (χ2v) is 6.06. The molecule has 0 radical (unpaired) electrons. The van der Waals surface area contributed by atoms with Crippen molar-refractivity contribution in [3.8, 4) is 22.3 Å². The lowest BCUT2D eigenvalue weighted by molar-refractivity contribution is 0.628. The van der Waals surface area contributed by atoms with Crippen molar-refractivity contribution in [2.24, 2.45) is 0 Å². The molecule has 0 saturated heterocycles.